The van der Waals surface area contributed by atoms with Gasteiger partial charge in [-0.1, -0.05) is 25.8 Å². The SMILES string of the molecule is C=CO[Si](OC)(C1CCCC1)C1CCC1. The lowest BCUT2D eigenvalue weighted by molar-refractivity contribution is 0.217. The second-order valence-electron chi connectivity index (χ2n) is 4.82. The van der Waals surface area contributed by atoms with Gasteiger partial charge in [-0.2, -0.15) is 0 Å². The van der Waals surface area contributed by atoms with Crippen LogP contribution in [0.5, 0.6) is 0 Å². The van der Waals surface area contributed by atoms with E-state index in [0.717, 1.165) is 5.54 Å². The van der Waals surface area contributed by atoms with Crippen LogP contribution in [0.15, 0.2) is 12.8 Å². The second-order valence-corrected chi connectivity index (χ2v) is 8.54. The van der Waals surface area contributed by atoms with Crippen molar-refractivity contribution in [3.63, 3.8) is 0 Å². The van der Waals surface area contributed by atoms with Gasteiger partial charge < -0.3 is 8.85 Å². The van der Waals surface area contributed by atoms with E-state index in [1.54, 1.807) is 6.26 Å². The summed E-state index contributed by atoms with van der Waals surface area (Å²) in [6.07, 6.45) is 10.9. The monoisotopic (exact) mass is 226 g/mol. The molecule has 0 bridgehead atoms. The van der Waals surface area contributed by atoms with Crippen molar-refractivity contribution >= 4 is 8.56 Å². The lowest BCUT2D eigenvalue weighted by Gasteiger charge is -2.43. The average Bonchev–Trinajstić information content (AvgIpc) is 2.67. The predicted octanol–water partition coefficient (Wildman–Crippen LogP) is 3.73. The Kier molecular flexibility index (Phi) is 3.51. The molecule has 2 aliphatic rings. The highest BCUT2D eigenvalue weighted by molar-refractivity contribution is 6.71. The van der Waals surface area contributed by atoms with E-state index in [1.807, 2.05) is 7.11 Å². The molecule has 2 fully saturated rings. The van der Waals surface area contributed by atoms with Gasteiger partial charge in [0.05, 0.1) is 6.26 Å². The van der Waals surface area contributed by atoms with E-state index in [1.165, 1.54) is 44.9 Å². The van der Waals surface area contributed by atoms with Gasteiger partial charge in [-0.25, -0.2) is 0 Å². The molecule has 2 rings (SSSR count). The summed E-state index contributed by atoms with van der Waals surface area (Å²) >= 11 is 0. The van der Waals surface area contributed by atoms with Gasteiger partial charge in [0.1, 0.15) is 0 Å². The minimum absolute atomic E-state index is 0.714. The van der Waals surface area contributed by atoms with E-state index in [0.29, 0.717) is 5.54 Å². The van der Waals surface area contributed by atoms with Crippen LogP contribution < -0.4 is 0 Å². The van der Waals surface area contributed by atoms with Gasteiger partial charge in [0, 0.05) is 18.2 Å². The van der Waals surface area contributed by atoms with Crippen LogP contribution >= 0.6 is 0 Å². The molecular formula is C12H22O2Si. The fraction of sp³-hybridized carbons (Fsp3) is 0.833. The highest BCUT2D eigenvalue weighted by Gasteiger charge is 2.55. The number of hydrogen-bond donors (Lipinski definition) is 0. The summed E-state index contributed by atoms with van der Waals surface area (Å²) in [6.45, 7) is 3.74. The molecular weight excluding hydrogens is 204 g/mol. The molecule has 3 heteroatoms. The summed E-state index contributed by atoms with van der Waals surface area (Å²) in [5.74, 6) is 0. The summed E-state index contributed by atoms with van der Waals surface area (Å²) in [4.78, 5) is 0. The van der Waals surface area contributed by atoms with Crippen molar-refractivity contribution in [1.82, 2.24) is 0 Å². The molecule has 2 nitrogen and oxygen atoms in total. The van der Waals surface area contributed by atoms with Crippen LogP contribution in [-0.4, -0.2) is 15.7 Å². The second kappa shape index (κ2) is 4.70. The van der Waals surface area contributed by atoms with E-state index in [4.69, 9.17) is 8.85 Å². The predicted molar refractivity (Wildman–Crippen MR) is 63.9 cm³/mol. The quantitative estimate of drug-likeness (QED) is 0.525. The maximum Gasteiger partial charge on any atom is 0.404 e. The van der Waals surface area contributed by atoms with E-state index in [9.17, 15) is 0 Å². The van der Waals surface area contributed by atoms with E-state index < -0.39 is 8.56 Å². The Morgan fingerprint density at radius 3 is 1.93 bits per heavy atom. The third-order valence-corrected chi connectivity index (χ3v) is 8.79. The molecule has 0 aromatic heterocycles. The minimum atomic E-state index is -1.97. The molecule has 0 aromatic carbocycles. The molecule has 0 aromatic rings. The van der Waals surface area contributed by atoms with Crippen molar-refractivity contribution in [2.24, 2.45) is 0 Å². The first kappa shape index (κ1) is 11.2. The molecule has 86 valence electrons. The van der Waals surface area contributed by atoms with Crippen molar-refractivity contribution < 1.29 is 8.85 Å². The van der Waals surface area contributed by atoms with Gasteiger partial charge in [-0.15, -0.1) is 0 Å². The largest absolute Gasteiger partial charge is 0.527 e. The van der Waals surface area contributed by atoms with E-state index in [-0.39, 0.29) is 0 Å². The maximum atomic E-state index is 5.95. The molecule has 0 N–H and O–H groups in total. The van der Waals surface area contributed by atoms with Crippen LogP contribution in [0.1, 0.15) is 44.9 Å². The van der Waals surface area contributed by atoms with Gasteiger partial charge in [0.15, 0.2) is 0 Å². The van der Waals surface area contributed by atoms with Gasteiger partial charge in [0.25, 0.3) is 0 Å². The molecule has 1 unspecified atom stereocenters. The van der Waals surface area contributed by atoms with Gasteiger partial charge in [-0.05, 0) is 25.7 Å². The van der Waals surface area contributed by atoms with Gasteiger partial charge in [-0.3, -0.25) is 0 Å². The lowest BCUT2D eigenvalue weighted by atomic mass is 10.00. The van der Waals surface area contributed by atoms with Crippen molar-refractivity contribution in [1.29, 1.82) is 0 Å². The molecule has 0 aliphatic heterocycles. The minimum Gasteiger partial charge on any atom is -0.527 e. The first-order valence-corrected chi connectivity index (χ1v) is 8.14. The highest BCUT2D eigenvalue weighted by atomic mass is 28.4. The van der Waals surface area contributed by atoms with E-state index in [2.05, 4.69) is 6.58 Å². The molecule has 0 radical (unpaired) electrons. The van der Waals surface area contributed by atoms with Crippen molar-refractivity contribution in [2.75, 3.05) is 7.11 Å². The molecule has 2 aliphatic carbocycles. The first-order valence-electron chi connectivity index (χ1n) is 6.17. The molecule has 15 heavy (non-hydrogen) atoms. The summed E-state index contributed by atoms with van der Waals surface area (Å²) in [6, 6.07) is 0. The Bertz CT molecular complexity index is 222. The average molecular weight is 226 g/mol. The zero-order valence-electron chi connectivity index (χ0n) is 9.71. The Labute approximate surface area is 93.9 Å². The van der Waals surface area contributed by atoms with Crippen LogP contribution in [0.4, 0.5) is 0 Å². The van der Waals surface area contributed by atoms with Gasteiger partial charge >= 0.3 is 8.56 Å². The third kappa shape index (κ3) is 1.87. The first-order chi connectivity index (χ1) is 7.33. The standard InChI is InChI=1S/C12H22O2Si/c1-3-14-15(13-2,12-9-6-10-12)11-7-4-5-8-11/h3,11-12H,1,4-10H2,2H3. The molecule has 2 saturated carbocycles. The molecule has 0 spiro atoms. The zero-order valence-corrected chi connectivity index (χ0v) is 10.7. The van der Waals surface area contributed by atoms with Crippen LogP contribution in [-0.2, 0) is 8.85 Å². The smallest absolute Gasteiger partial charge is 0.404 e. The van der Waals surface area contributed by atoms with Gasteiger partial charge in [0.2, 0.25) is 0 Å². The fourth-order valence-electron chi connectivity index (χ4n) is 3.18. The topological polar surface area (TPSA) is 18.5 Å². The lowest BCUT2D eigenvalue weighted by Crippen LogP contribution is -2.50. The Balaban J connectivity index is 2.13. The summed E-state index contributed by atoms with van der Waals surface area (Å²) in [7, 11) is -0.118. The molecule has 0 heterocycles. The summed E-state index contributed by atoms with van der Waals surface area (Å²) < 4.78 is 11.9. The van der Waals surface area contributed by atoms with E-state index >= 15 is 0 Å². The summed E-state index contributed by atoms with van der Waals surface area (Å²) in [5.41, 5.74) is 1.44. The Morgan fingerprint density at radius 1 is 1.07 bits per heavy atom. The molecule has 1 atom stereocenters. The highest BCUT2D eigenvalue weighted by Crippen LogP contribution is 2.52. The van der Waals surface area contributed by atoms with Crippen molar-refractivity contribution in [2.45, 2.75) is 56.0 Å². The Hall–Kier alpha value is -0.283. The van der Waals surface area contributed by atoms with Crippen molar-refractivity contribution in [3.8, 4) is 0 Å². The molecule has 0 amide bonds. The molecule has 0 saturated heterocycles. The number of rotatable bonds is 5. The van der Waals surface area contributed by atoms with Crippen LogP contribution in [0, 0.1) is 0 Å². The normalized spacial score (nSPS) is 27.0. The third-order valence-electron chi connectivity index (χ3n) is 4.18. The van der Waals surface area contributed by atoms with Crippen LogP contribution in [0.3, 0.4) is 0 Å². The maximum absolute atomic E-state index is 5.95. The zero-order chi connectivity index (χ0) is 10.7. The van der Waals surface area contributed by atoms with Crippen LogP contribution in [0.2, 0.25) is 11.1 Å². The fourth-order valence-corrected chi connectivity index (χ4v) is 7.68. The number of hydrogen-bond acceptors (Lipinski definition) is 2. The summed E-state index contributed by atoms with van der Waals surface area (Å²) in [5, 5.41) is 0. The van der Waals surface area contributed by atoms with Crippen LogP contribution in [0.25, 0.3) is 0 Å². The Morgan fingerprint density at radius 2 is 1.60 bits per heavy atom. The van der Waals surface area contributed by atoms with Crippen molar-refractivity contribution in [3.05, 3.63) is 12.8 Å².